The molecule has 0 aliphatic rings. The third-order valence-electron chi connectivity index (χ3n) is 5.65. The van der Waals surface area contributed by atoms with Gasteiger partial charge in [-0.3, -0.25) is 19.1 Å². The fourth-order valence-corrected chi connectivity index (χ4v) is 3.90. The summed E-state index contributed by atoms with van der Waals surface area (Å²) in [5.74, 6) is 0. The van der Waals surface area contributed by atoms with E-state index in [-0.39, 0.29) is 5.69 Å². The van der Waals surface area contributed by atoms with Crippen molar-refractivity contribution >= 4 is 27.5 Å². The molecule has 0 unspecified atom stereocenters. The van der Waals surface area contributed by atoms with Gasteiger partial charge in [0, 0.05) is 37.6 Å². The van der Waals surface area contributed by atoms with Crippen LogP contribution in [0.15, 0.2) is 77.6 Å². The molecule has 4 aromatic rings. The summed E-state index contributed by atoms with van der Waals surface area (Å²) in [4.78, 5) is 22.2. The molecule has 1 aromatic carbocycles. The second-order valence-corrected chi connectivity index (χ2v) is 7.72. The maximum absolute atomic E-state index is 13.2. The third-order valence-corrected chi connectivity index (χ3v) is 5.65. The first-order valence-corrected chi connectivity index (χ1v) is 10.3. The Morgan fingerprint density at radius 1 is 1.25 bits per heavy atom. The molecule has 0 radical (unpaired) electrons. The minimum atomic E-state index is -0.148. The summed E-state index contributed by atoms with van der Waals surface area (Å²) in [6.45, 7) is 7.84. The van der Waals surface area contributed by atoms with E-state index in [9.17, 15) is 4.79 Å². The van der Waals surface area contributed by atoms with Crippen LogP contribution < -0.4 is 16.7 Å². The van der Waals surface area contributed by atoms with Gasteiger partial charge in [-0.25, -0.2) is 4.79 Å². The maximum atomic E-state index is 13.2. The highest BCUT2D eigenvalue weighted by Crippen LogP contribution is 2.29. The molecule has 0 atom stereocenters. The van der Waals surface area contributed by atoms with Crippen LogP contribution in [0.4, 0.5) is 0 Å². The third kappa shape index (κ3) is 3.37. The van der Waals surface area contributed by atoms with Crippen LogP contribution in [0.1, 0.15) is 18.2 Å². The van der Waals surface area contributed by atoms with Gasteiger partial charge in [0.25, 0.3) is 0 Å². The van der Waals surface area contributed by atoms with Gasteiger partial charge in [-0.15, -0.1) is 0 Å². The zero-order chi connectivity index (χ0) is 23.0. The Morgan fingerprint density at radius 2 is 2.03 bits per heavy atom. The van der Waals surface area contributed by atoms with E-state index >= 15 is 0 Å². The molecule has 4 rings (SSSR count). The molecule has 0 amide bonds. The molecular weight excluding hydrogens is 400 g/mol. The lowest BCUT2D eigenvalue weighted by molar-refractivity contribution is 0.840. The summed E-state index contributed by atoms with van der Waals surface area (Å²) in [5.41, 5.74) is 13.2. The van der Waals surface area contributed by atoms with Crippen LogP contribution >= 0.6 is 0 Å². The number of fused-ring (bicyclic) bond motifs is 3. The predicted octanol–water partition coefficient (Wildman–Crippen LogP) is 3.56. The van der Waals surface area contributed by atoms with E-state index in [0.29, 0.717) is 0 Å². The zero-order valence-corrected chi connectivity index (χ0v) is 18.7. The van der Waals surface area contributed by atoms with E-state index in [4.69, 9.17) is 5.73 Å². The Hall–Kier alpha value is -4.13. The monoisotopic (exact) mass is 426 g/mol. The predicted molar refractivity (Wildman–Crippen MR) is 130 cm³/mol. The number of rotatable bonds is 5. The van der Waals surface area contributed by atoms with Crippen LogP contribution in [0, 0.1) is 6.92 Å². The van der Waals surface area contributed by atoms with E-state index in [1.165, 1.54) is 0 Å². The van der Waals surface area contributed by atoms with Crippen molar-refractivity contribution in [1.82, 2.24) is 24.4 Å². The number of nitrogens with two attached hydrogens (primary N) is 1. The lowest BCUT2D eigenvalue weighted by Crippen LogP contribution is -2.21. The van der Waals surface area contributed by atoms with E-state index in [1.807, 2.05) is 57.3 Å². The second-order valence-electron chi connectivity index (χ2n) is 7.72. The number of aromatic nitrogens is 4. The minimum absolute atomic E-state index is 0.148. The fourth-order valence-electron chi connectivity index (χ4n) is 3.90. The van der Waals surface area contributed by atoms with Crippen molar-refractivity contribution in [3.8, 4) is 5.69 Å². The Bertz CT molecular complexity index is 1490. The van der Waals surface area contributed by atoms with Gasteiger partial charge < -0.3 is 11.1 Å². The van der Waals surface area contributed by atoms with E-state index < -0.39 is 0 Å². The number of hydrogen-bond donors (Lipinski definition) is 2. The van der Waals surface area contributed by atoms with Gasteiger partial charge in [0.1, 0.15) is 0 Å². The number of likely N-dealkylation sites (N-methyl/N-ethyl adjacent to an activating group) is 1. The van der Waals surface area contributed by atoms with Crippen molar-refractivity contribution in [2.24, 2.45) is 12.8 Å². The quantitative estimate of drug-likeness (QED) is 0.476. The molecule has 3 heterocycles. The normalized spacial score (nSPS) is 12.5. The van der Waals surface area contributed by atoms with E-state index in [0.717, 1.165) is 55.7 Å². The van der Waals surface area contributed by atoms with Crippen molar-refractivity contribution in [3.05, 3.63) is 94.6 Å². The zero-order valence-electron chi connectivity index (χ0n) is 18.7. The molecule has 32 heavy (non-hydrogen) atoms. The number of nitrogens with one attached hydrogen (secondary N) is 1. The van der Waals surface area contributed by atoms with Crippen molar-refractivity contribution in [3.63, 3.8) is 0 Å². The lowest BCUT2D eigenvalue weighted by Gasteiger charge is -2.11. The van der Waals surface area contributed by atoms with Crippen molar-refractivity contribution < 1.29 is 0 Å². The Kier molecular flexibility index (Phi) is 5.40. The smallest absolute Gasteiger partial charge is 0.333 e. The summed E-state index contributed by atoms with van der Waals surface area (Å²) < 4.78 is 3.32. The van der Waals surface area contributed by atoms with Crippen molar-refractivity contribution in [2.45, 2.75) is 13.8 Å². The molecule has 0 bridgehead atoms. The van der Waals surface area contributed by atoms with Gasteiger partial charge in [-0.2, -0.15) is 0 Å². The molecule has 3 N–H and O–H groups in total. The van der Waals surface area contributed by atoms with Crippen LogP contribution in [-0.4, -0.2) is 26.1 Å². The van der Waals surface area contributed by atoms with Crippen LogP contribution in [0.2, 0.25) is 0 Å². The number of nitrogens with zero attached hydrogens (tertiary/aromatic N) is 4. The van der Waals surface area contributed by atoms with Gasteiger partial charge in [-0.1, -0.05) is 12.6 Å². The summed E-state index contributed by atoms with van der Waals surface area (Å²) in [6, 6.07) is 9.67. The molecule has 0 saturated heterocycles. The highest BCUT2D eigenvalue weighted by atomic mass is 16.1. The summed E-state index contributed by atoms with van der Waals surface area (Å²) in [6.07, 6.45) is 6.98. The van der Waals surface area contributed by atoms with Crippen LogP contribution in [-0.2, 0) is 7.05 Å². The Balaban J connectivity index is 2.06. The van der Waals surface area contributed by atoms with Gasteiger partial charge in [0.05, 0.1) is 34.1 Å². The number of imidazole rings is 1. The van der Waals surface area contributed by atoms with Crippen molar-refractivity contribution in [2.75, 3.05) is 7.05 Å². The highest BCUT2D eigenvalue weighted by molar-refractivity contribution is 6.04. The Labute approximate surface area is 186 Å². The first kappa shape index (κ1) is 21.1. The molecule has 162 valence electrons. The lowest BCUT2D eigenvalue weighted by atomic mass is 10.0. The summed E-state index contributed by atoms with van der Waals surface area (Å²) in [7, 11) is 3.60. The highest BCUT2D eigenvalue weighted by Gasteiger charge is 2.18. The minimum Gasteiger partial charge on any atom is -0.404 e. The average Bonchev–Trinajstić information content (AvgIpc) is 3.05. The van der Waals surface area contributed by atoms with Crippen LogP contribution in [0.3, 0.4) is 0 Å². The second kappa shape index (κ2) is 8.19. The Morgan fingerprint density at radius 3 is 2.69 bits per heavy atom. The van der Waals surface area contributed by atoms with Crippen LogP contribution in [0.25, 0.3) is 33.2 Å². The summed E-state index contributed by atoms with van der Waals surface area (Å²) >= 11 is 0. The number of pyridine rings is 2. The van der Waals surface area contributed by atoms with E-state index in [1.54, 1.807) is 34.8 Å². The largest absolute Gasteiger partial charge is 0.404 e. The molecule has 7 nitrogen and oxygen atoms in total. The molecule has 3 aromatic heterocycles. The molecule has 0 saturated carbocycles. The molecular formula is C25H26N6O. The van der Waals surface area contributed by atoms with Gasteiger partial charge in [0.15, 0.2) is 0 Å². The number of aryl methyl sites for hydroxylation is 2. The molecule has 0 aliphatic carbocycles. The van der Waals surface area contributed by atoms with Crippen molar-refractivity contribution in [1.29, 1.82) is 0 Å². The van der Waals surface area contributed by atoms with Gasteiger partial charge in [0.2, 0.25) is 0 Å². The molecule has 0 fully saturated rings. The van der Waals surface area contributed by atoms with Gasteiger partial charge >= 0.3 is 5.69 Å². The first-order chi connectivity index (χ1) is 15.4. The first-order valence-electron chi connectivity index (χ1n) is 10.3. The number of benzene rings is 1. The molecule has 7 heteroatoms. The summed E-state index contributed by atoms with van der Waals surface area (Å²) in [5, 5.41) is 4.00. The molecule has 0 aliphatic heterocycles. The topological polar surface area (TPSA) is 90.8 Å². The fraction of sp³-hybridized carbons (Fsp3) is 0.160. The molecule has 0 spiro atoms. The number of allylic oxidation sites excluding steroid dienone is 3. The average molecular weight is 427 g/mol. The van der Waals surface area contributed by atoms with E-state index in [2.05, 4.69) is 21.9 Å². The standard InChI is InChI=1S/C25H26N6O/c1-15(2)21(27-4)12-18(13-26)17-8-9-20-19(11-17)24-23(14-29-20)30(5)25(32)31(24)22-7-6-10-28-16(22)3/h6-14,27H,1,26H2,2-5H3/b18-13+,21-12+. The SMILES string of the molecule is C=C(C)/C(=C\C(=C/N)c1ccc2ncc3c(c2c1)n(-c1cccnc1C)c(=O)n3C)NC. The number of hydrogen-bond acceptors (Lipinski definition) is 5. The van der Waals surface area contributed by atoms with Gasteiger partial charge in [-0.05, 0) is 60.9 Å². The maximum Gasteiger partial charge on any atom is 0.333 e. The van der Waals surface area contributed by atoms with Crippen LogP contribution in [0.5, 0.6) is 0 Å².